The highest BCUT2D eigenvalue weighted by Gasteiger charge is 2.18. The molecule has 0 saturated heterocycles. The molecule has 174 valence electrons. The van der Waals surface area contributed by atoms with Crippen LogP contribution in [0, 0.1) is 20.8 Å². The zero-order valence-corrected chi connectivity index (χ0v) is 21.4. The van der Waals surface area contributed by atoms with Crippen LogP contribution in [0.25, 0.3) is 16.9 Å². The van der Waals surface area contributed by atoms with Gasteiger partial charge in [0, 0.05) is 23.4 Å². The van der Waals surface area contributed by atoms with Crippen molar-refractivity contribution in [1.82, 2.24) is 24.5 Å². The van der Waals surface area contributed by atoms with Crippen molar-refractivity contribution < 1.29 is 4.74 Å². The van der Waals surface area contributed by atoms with Gasteiger partial charge in [-0.15, -0.1) is 0 Å². The van der Waals surface area contributed by atoms with E-state index in [2.05, 4.69) is 44.7 Å². The SMILES string of the molecule is Cc1cccc(COc2nc(C)n(-c3cc(-c4ccnc(C(C)C)n4)ccc3C)c(=O)c2Br)n1. The second-order valence-corrected chi connectivity index (χ2v) is 9.23. The Balaban J connectivity index is 1.72. The molecule has 0 N–H and O–H groups in total. The Labute approximate surface area is 207 Å². The van der Waals surface area contributed by atoms with Crippen molar-refractivity contribution in [2.75, 3.05) is 0 Å². The van der Waals surface area contributed by atoms with Gasteiger partial charge in [-0.05, 0) is 66.5 Å². The number of halogens is 1. The fraction of sp³-hybridized carbons (Fsp3) is 0.269. The zero-order valence-electron chi connectivity index (χ0n) is 19.8. The summed E-state index contributed by atoms with van der Waals surface area (Å²) in [6.45, 7) is 10.0. The van der Waals surface area contributed by atoms with Gasteiger partial charge in [0.2, 0.25) is 5.88 Å². The molecule has 0 spiro atoms. The average Bonchev–Trinajstić information content (AvgIpc) is 2.82. The lowest BCUT2D eigenvalue weighted by Gasteiger charge is -2.16. The van der Waals surface area contributed by atoms with Gasteiger partial charge in [0.25, 0.3) is 5.56 Å². The van der Waals surface area contributed by atoms with Crippen molar-refractivity contribution in [3.8, 4) is 22.8 Å². The Hall–Kier alpha value is -3.39. The van der Waals surface area contributed by atoms with Crippen molar-refractivity contribution in [2.24, 2.45) is 0 Å². The van der Waals surface area contributed by atoms with Crippen LogP contribution in [0.4, 0.5) is 0 Å². The van der Waals surface area contributed by atoms with E-state index in [1.807, 2.05) is 56.3 Å². The predicted octanol–water partition coefficient (Wildman–Crippen LogP) is 5.47. The minimum atomic E-state index is -0.245. The molecule has 0 amide bonds. The molecule has 0 atom stereocenters. The maximum atomic E-state index is 13.4. The number of aromatic nitrogens is 5. The van der Waals surface area contributed by atoms with Crippen LogP contribution in [-0.2, 0) is 6.61 Å². The molecule has 0 aliphatic heterocycles. The van der Waals surface area contributed by atoms with Gasteiger partial charge in [-0.2, -0.15) is 4.98 Å². The average molecular weight is 520 g/mol. The van der Waals surface area contributed by atoms with Gasteiger partial charge in [-0.1, -0.05) is 32.0 Å². The quantitative estimate of drug-likeness (QED) is 0.335. The zero-order chi connectivity index (χ0) is 24.4. The van der Waals surface area contributed by atoms with E-state index < -0.39 is 0 Å². The first-order valence-corrected chi connectivity index (χ1v) is 11.8. The lowest BCUT2D eigenvalue weighted by molar-refractivity contribution is 0.284. The molecule has 0 unspecified atom stereocenters. The smallest absolute Gasteiger partial charge is 0.276 e. The summed E-state index contributed by atoms with van der Waals surface area (Å²) in [5.74, 6) is 1.76. The summed E-state index contributed by atoms with van der Waals surface area (Å²) in [6.07, 6.45) is 1.77. The normalized spacial score (nSPS) is 11.1. The van der Waals surface area contributed by atoms with Gasteiger partial charge in [0.15, 0.2) is 0 Å². The highest BCUT2D eigenvalue weighted by atomic mass is 79.9. The number of rotatable bonds is 6. The second kappa shape index (κ2) is 9.85. The van der Waals surface area contributed by atoms with Crippen LogP contribution in [0.5, 0.6) is 5.88 Å². The molecule has 4 aromatic rings. The number of pyridine rings is 1. The largest absolute Gasteiger partial charge is 0.470 e. The van der Waals surface area contributed by atoms with E-state index in [0.29, 0.717) is 5.82 Å². The summed E-state index contributed by atoms with van der Waals surface area (Å²) < 4.78 is 7.69. The van der Waals surface area contributed by atoms with Crippen molar-refractivity contribution in [1.29, 1.82) is 0 Å². The molecule has 0 fully saturated rings. The van der Waals surface area contributed by atoms with E-state index in [1.165, 1.54) is 0 Å². The molecular weight excluding hydrogens is 494 g/mol. The molecule has 0 bridgehead atoms. The second-order valence-electron chi connectivity index (χ2n) is 8.43. The van der Waals surface area contributed by atoms with Gasteiger partial charge < -0.3 is 4.74 Å². The first kappa shape index (κ1) is 23.8. The molecule has 8 heteroatoms. The fourth-order valence-electron chi connectivity index (χ4n) is 3.61. The maximum Gasteiger partial charge on any atom is 0.276 e. The van der Waals surface area contributed by atoms with Crippen LogP contribution in [-0.4, -0.2) is 24.5 Å². The van der Waals surface area contributed by atoms with Gasteiger partial charge in [0.1, 0.15) is 22.7 Å². The van der Waals surface area contributed by atoms with Crippen molar-refractivity contribution in [2.45, 2.75) is 47.1 Å². The Bertz CT molecular complexity index is 1410. The lowest BCUT2D eigenvalue weighted by Crippen LogP contribution is -2.24. The van der Waals surface area contributed by atoms with Gasteiger partial charge in [-0.25, -0.2) is 9.97 Å². The first-order chi connectivity index (χ1) is 16.2. The molecule has 1 aromatic carbocycles. The number of hydrogen-bond donors (Lipinski definition) is 0. The van der Waals surface area contributed by atoms with E-state index in [-0.39, 0.29) is 28.4 Å². The van der Waals surface area contributed by atoms with Crippen LogP contribution in [0.1, 0.15) is 48.4 Å². The van der Waals surface area contributed by atoms with Crippen LogP contribution >= 0.6 is 15.9 Å². The summed E-state index contributed by atoms with van der Waals surface area (Å²) in [5.41, 5.74) is 4.82. The molecule has 0 radical (unpaired) electrons. The van der Waals surface area contributed by atoms with Gasteiger partial charge in [0.05, 0.1) is 17.1 Å². The highest BCUT2D eigenvalue weighted by Crippen LogP contribution is 2.26. The Morgan fingerprint density at radius 1 is 1.03 bits per heavy atom. The third kappa shape index (κ3) is 4.92. The minimum absolute atomic E-state index is 0.219. The van der Waals surface area contributed by atoms with Crippen LogP contribution in [0.2, 0.25) is 0 Å². The molecule has 34 heavy (non-hydrogen) atoms. The number of nitrogens with zero attached hydrogens (tertiary/aromatic N) is 5. The summed E-state index contributed by atoms with van der Waals surface area (Å²) in [6, 6.07) is 13.5. The van der Waals surface area contributed by atoms with E-state index in [9.17, 15) is 4.79 Å². The molecule has 7 nitrogen and oxygen atoms in total. The molecule has 4 rings (SSSR count). The minimum Gasteiger partial charge on any atom is -0.470 e. The number of hydrogen-bond acceptors (Lipinski definition) is 6. The van der Waals surface area contributed by atoms with Crippen molar-refractivity contribution in [3.63, 3.8) is 0 Å². The van der Waals surface area contributed by atoms with E-state index in [1.54, 1.807) is 17.7 Å². The van der Waals surface area contributed by atoms with Crippen molar-refractivity contribution in [3.05, 3.63) is 92.1 Å². The molecule has 0 saturated carbocycles. The molecule has 0 aliphatic rings. The third-order valence-electron chi connectivity index (χ3n) is 5.40. The van der Waals surface area contributed by atoms with Crippen LogP contribution in [0.15, 0.2) is 57.9 Å². The lowest BCUT2D eigenvalue weighted by atomic mass is 10.1. The number of ether oxygens (including phenoxy) is 1. The van der Waals surface area contributed by atoms with E-state index in [4.69, 9.17) is 9.72 Å². The fourth-order valence-corrected chi connectivity index (χ4v) is 3.99. The molecule has 3 aromatic heterocycles. The Morgan fingerprint density at radius 2 is 1.82 bits per heavy atom. The Morgan fingerprint density at radius 3 is 2.56 bits per heavy atom. The monoisotopic (exact) mass is 519 g/mol. The van der Waals surface area contributed by atoms with Crippen LogP contribution < -0.4 is 10.3 Å². The van der Waals surface area contributed by atoms with Crippen LogP contribution in [0.3, 0.4) is 0 Å². The van der Waals surface area contributed by atoms with Crippen molar-refractivity contribution >= 4 is 15.9 Å². The molecular formula is C26H26BrN5O2. The summed E-state index contributed by atoms with van der Waals surface area (Å²) in [5, 5.41) is 0. The summed E-state index contributed by atoms with van der Waals surface area (Å²) >= 11 is 3.40. The van der Waals surface area contributed by atoms with Gasteiger partial charge in [-0.3, -0.25) is 14.3 Å². The third-order valence-corrected chi connectivity index (χ3v) is 6.08. The number of benzene rings is 1. The van der Waals surface area contributed by atoms with E-state index >= 15 is 0 Å². The maximum absolute atomic E-state index is 13.4. The number of aryl methyl sites for hydroxylation is 3. The van der Waals surface area contributed by atoms with Gasteiger partial charge >= 0.3 is 0 Å². The summed E-state index contributed by atoms with van der Waals surface area (Å²) in [4.78, 5) is 31.4. The standard InChI is InChI=1S/C26H26BrN5O2/c1-15(2)24-28-12-11-21(31-24)19-10-9-16(3)22(13-19)32-18(5)30-25(23(27)26(32)33)34-14-20-8-6-7-17(4)29-20/h6-13,15H,14H2,1-5H3. The molecule has 3 heterocycles. The highest BCUT2D eigenvalue weighted by molar-refractivity contribution is 9.10. The summed E-state index contributed by atoms with van der Waals surface area (Å²) in [7, 11) is 0. The first-order valence-electron chi connectivity index (χ1n) is 11.0. The molecule has 0 aliphatic carbocycles. The van der Waals surface area contributed by atoms with E-state index in [0.717, 1.165) is 39.7 Å². The Kier molecular flexibility index (Phi) is 6.88. The predicted molar refractivity (Wildman–Crippen MR) is 135 cm³/mol. The topological polar surface area (TPSA) is 82.8 Å².